The molecule has 2 heterocycles. The molecule has 0 saturated carbocycles. The lowest BCUT2D eigenvalue weighted by Crippen LogP contribution is -2.48. The maximum absolute atomic E-state index is 12.0. The zero-order valence-electron chi connectivity index (χ0n) is 15.9. The number of hydrogen-bond acceptors (Lipinski definition) is 5. The number of carboxylic acid groups (broad SMARTS) is 1. The Kier molecular flexibility index (Phi) is 6.42. The fourth-order valence-electron chi connectivity index (χ4n) is 3.44. The maximum atomic E-state index is 12.0. The van der Waals surface area contributed by atoms with E-state index in [0.29, 0.717) is 18.8 Å². The Hall–Kier alpha value is -2.44. The molecule has 6 nitrogen and oxygen atoms in total. The zero-order chi connectivity index (χ0) is 19.2. The SMILES string of the molecule is CC(C)Oc1cccc(C(C(=O)O)N2CCN(Cc3ccccn3)CC2)c1. The lowest BCUT2D eigenvalue weighted by Gasteiger charge is -2.37. The molecule has 1 aliphatic rings. The predicted molar refractivity (Wildman–Crippen MR) is 104 cm³/mol. The average molecular weight is 369 g/mol. The van der Waals surface area contributed by atoms with Gasteiger partial charge in [0.05, 0.1) is 11.8 Å². The fraction of sp³-hybridized carbons (Fsp3) is 0.429. The minimum absolute atomic E-state index is 0.0543. The highest BCUT2D eigenvalue weighted by molar-refractivity contribution is 5.75. The van der Waals surface area contributed by atoms with Gasteiger partial charge in [-0.05, 0) is 43.7 Å². The van der Waals surface area contributed by atoms with Crippen LogP contribution in [-0.4, -0.2) is 58.1 Å². The van der Waals surface area contributed by atoms with E-state index in [4.69, 9.17) is 4.74 Å². The second-order valence-electron chi connectivity index (χ2n) is 7.11. The molecule has 3 rings (SSSR count). The van der Waals surface area contributed by atoms with Crippen molar-refractivity contribution in [3.05, 3.63) is 59.9 Å². The van der Waals surface area contributed by atoms with Gasteiger partial charge in [0.1, 0.15) is 11.8 Å². The summed E-state index contributed by atoms with van der Waals surface area (Å²) in [6.07, 6.45) is 1.86. The van der Waals surface area contributed by atoms with Crippen LogP contribution in [0.25, 0.3) is 0 Å². The number of aliphatic carboxylic acids is 1. The molecule has 0 spiro atoms. The number of rotatable bonds is 7. The van der Waals surface area contributed by atoms with Crippen molar-refractivity contribution in [1.29, 1.82) is 0 Å². The molecule has 144 valence electrons. The third kappa shape index (κ3) is 5.28. The van der Waals surface area contributed by atoms with Crippen LogP contribution in [0.3, 0.4) is 0 Å². The molecule has 1 unspecified atom stereocenters. The first-order valence-electron chi connectivity index (χ1n) is 9.38. The van der Waals surface area contributed by atoms with Crippen LogP contribution in [0.4, 0.5) is 0 Å². The Morgan fingerprint density at radius 2 is 1.93 bits per heavy atom. The van der Waals surface area contributed by atoms with Crippen LogP contribution < -0.4 is 4.74 Å². The Morgan fingerprint density at radius 1 is 1.15 bits per heavy atom. The summed E-state index contributed by atoms with van der Waals surface area (Å²) >= 11 is 0. The van der Waals surface area contributed by atoms with Gasteiger partial charge in [-0.25, -0.2) is 0 Å². The highest BCUT2D eigenvalue weighted by atomic mass is 16.5. The van der Waals surface area contributed by atoms with Crippen molar-refractivity contribution in [2.45, 2.75) is 32.5 Å². The van der Waals surface area contributed by atoms with E-state index in [9.17, 15) is 9.90 Å². The molecule has 6 heteroatoms. The van der Waals surface area contributed by atoms with Gasteiger partial charge in [-0.1, -0.05) is 18.2 Å². The molecule has 0 bridgehead atoms. The minimum atomic E-state index is -0.824. The molecule has 1 aromatic heterocycles. The summed E-state index contributed by atoms with van der Waals surface area (Å²) in [5, 5.41) is 9.85. The third-order valence-electron chi connectivity index (χ3n) is 4.66. The van der Waals surface area contributed by atoms with E-state index in [2.05, 4.69) is 9.88 Å². The molecule has 1 atom stereocenters. The van der Waals surface area contributed by atoms with E-state index in [1.165, 1.54) is 0 Å². The number of piperazine rings is 1. The quantitative estimate of drug-likeness (QED) is 0.810. The van der Waals surface area contributed by atoms with Crippen molar-refractivity contribution in [1.82, 2.24) is 14.8 Å². The Labute approximate surface area is 160 Å². The Balaban J connectivity index is 1.66. The van der Waals surface area contributed by atoms with Crippen LogP contribution in [0.15, 0.2) is 48.7 Å². The van der Waals surface area contributed by atoms with Crippen molar-refractivity contribution in [2.75, 3.05) is 26.2 Å². The first-order valence-corrected chi connectivity index (χ1v) is 9.38. The summed E-state index contributed by atoms with van der Waals surface area (Å²) in [6.45, 7) is 7.78. The second kappa shape index (κ2) is 8.97. The van der Waals surface area contributed by atoms with Gasteiger partial charge in [-0.2, -0.15) is 0 Å². The van der Waals surface area contributed by atoms with Gasteiger partial charge in [0.15, 0.2) is 0 Å². The number of hydrogen-bond donors (Lipinski definition) is 1. The second-order valence-corrected chi connectivity index (χ2v) is 7.11. The molecule has 0 radical (unpaired) electrons. The molecule has 1 aliphatic heterocycles. The van der Waals surface area contributed by atoms with Gasteiger partial charge in [0.2, 0.25) is 0 Å². The number of nitrogens with zero attached hydrogens (tertiary/aromatic N) is 3. The number of benzene rings is 1. The van der Waals surface area contributed by atoms with Crippen molar-refractivity contribution in [2.24, 2.45) is 0 Å². The van der Waals surface area contributed by atoms with Crippen LogP contribution in [-0.2, 0) is 11.3 Å². The number of carbonyl (C=O) groups is 1. The lowest BCUT2D eigenvalue weighted by atomic mass is 10.0. The van der Waals surface area contributed by atoms with Crippen LogP contribution in [0.2, 0.25) is 0 Å². The molecule has 27 heavy (non-hydrogen) atoms. The zero-order valence-corrected chi connectivity index (χ0v) is 15.9. The van der Waals surface area contributed by atoms with Gasteiger partial charge in [0, 0.05) is 38.9 Å². The largest absolute Gasteiger partial charge is 0.491 e. The number of pyridine rings is 1. The van der Waals surface area contributed by atoms with Crippen LogP contribution in [0, 0.1) is 0 Å². The van der Waals surface area contributed by atoms with E-state index in [-0.39, 0.29) is 6.10 Å². The fourth-order valence-corrected chi connectivity index (χ4v) is 3.44. The van der Waals surface area contributed by atoms with Gasteiger partial charge in [-0.15, -0.1) is 0 Å². The van der Waals surface area contributed by atoms with Crippen molar-refractivity contribution in [3.63, 3.8) is 0 Å². The molecule has 1 saturated heterocycles. The van der Waals surface area contributed by atoms with Gasteiger partial charge >= 0.3 is 5.97 Å². The first-order chi connectivity index (χ1) is 13.0. The number of ether oxygens (including phenoxy) is 1. The summed E-state index contributed by atoms with van der Waals surface area (Å²) < 4.78 is 5.73. The van der Waals surface area contributed by atoms with Crippen molar-refractivity contribution >= 4 is 5.97 Å². The summed E-state index contributed by atoms with van der Waals surface area (Å²) in [4.78, 5) is 20.7. The van der Waals surface area contributed by atoms with E-state index in [1.807, 2.05) is 61.2 Å². The summed E-state index contributed by atoms with van der Waals surface area (Å²) in [5.41, 5.74) is 1.80. The monoisotopic (exact) mass is 369 g/mol. The first kappa shape index (κ1) is 19.3. The molecule has 1 N–H and O–H groups in total. The van der Waals surface area contributed by atoms with E-state index in [0.717, 1.165) is 30.9 Å². The van der Waals surface area contributed by atoms with Crippen LogP contribution in [0.5, 0.6) is 5.75 Å². The van der Waals surface area contributed by atoms with Crippen LogP contribution in [0.1, 0.15) is 31.1 Å². The Morgan fingerprint density at radius 3 is 2.56 bits per heavy atom. The molecule has 1 fully saturated rings. The smallest absolute Gasteiger partial charge is 0.325 e. The maximum Gasteiger partial charge on any atom is 0.325 e. The predicted octanol–water partition coefficient (Wildman–Crippen LogP) is 2.81. The molecule has 2 aromatic rings. The minimum Gasteiger partial charge on any atom is -0.491 e. The lowest BCUT2D eigenvalue weighted by molar-refractivity contribution is -0.144. The number of aromatic nitrogens is 1. The third-order valence-corrected chi connectivity index (χ3v) is 4.66. The number of carboxylic acids is 1. The molecular formula is C21H27N3O3. The average Bonchev–Trinajstić information content (AvgIpc) is 2.64. The van der Waals surface area contributed by atoms with Crippen molar-refractivity contribution < 1.29 is 14.6 Å². The van der Waals surface area contributed by atoms with Gasteiger partial charge < -0.3 is 9.84 Å². The molecule has 0 amide bonds. The van der Waals surface area contributed by atoms with Gasteiger partial charge in [-0.3, -0.25) is 19.6 Å². The molecular weight excluding hydrogens is 342 g/mol. The van der Waals surface area contributed by atoms with E-state index in [1.54, 1.807) is 6.20 Å². The van der Waals surface area contributed by atoms with E-state index >= 15 is 0 Å². The van der Waals surface area contributed by atoms with E-state index < -0.39 is 12.0 Å². The van der Waals surface area contributed by atoms with Crippen LogP contribution >= 0.6 is 0 Å². The molecule has 0 aliphatic carbocycles. The molecule has 1 aromatic carbocycles. The standard InChI is InChI=1S/C21H27N3O3/c1-16(2)27-19-8-5-6-17(14-19)20(21(25)26)24-12-10-23(11-13-24)15-18-7-3-4-9-22-18/h3-9,14,16,20H,10-13,15H2,1-2H3,(H,25,26). The van der Waals surface area contributed by atoms with Gasteiger partial charge in [0.25, 0.3) is 0 Å². The topological polar surface area (TPSA) is 65.9 Å². The Bertz CT molecular complexity index is 743. The normalized spacial score (nSPS) is 17.0. The summed E-state index contributed by atoms with van der Waals surface area (Å²) in [6, 6.07) is 12.7. The summed E-state index contributed by atoms with van der Waals surface area (Å²) in [7, 11) is 0. The van der Waals surface area contributed by atoms with Crippen molar-refractivity contribution in [3.8, 4) is 5.75 Å². The summed E-state index contributed by atoms with van der Waals surface area (Å²) in [5.74, 6) is -0.114. The highest BCUT2D eigenvalue weighted by Gasteiger charge is 2.30. The highest BCUT2D eigenvalue weighted by Crippen LogP contribution is 2.26.